The van der Waals surface area contributed by atoms with Gasteiger partial charge < -0.3 is 29.9 Å². The summed E-state index contributed by atoms with van der Waals surface area (Å²) in [6, 6.07) is 4.15. The van der Waals surface area contributed by atoms with E-state index in [1.54, 1.807) is 11.0 Å². The fourth-order valence-corrected chi connectivity index (χ4v) is 2.87. The van der Waals surface area contributed by atoms with Crippen LogP contribution in [0.5, 0.6) is 5.75 Å². The van der Waals surface area contributed by atoms with Gasteiger partial charge in [0.15, 0.2) is 0 Å². The predicted molar refractivity (Wildman–Crippen MR) is 104 cm³/mol. The van der Waals surface area contributed by atoms with E-state index in [0.29, 0.717) is 31.1 Å². The van der Waals surface area contributed by atoms with Gasteiger partial charge in [0.25, 0.3) is 0 Å². The molecule has 1 fully saturated rings. The number of anilines is 1. The van der Waals surface area contributed by atoms with Gasteiger partial charge in [-0.05, 0) is 51.7 Å². The summed E-state index contributed by atoms with van der Waals surface area (Å²) in [6.45, 7) is 6.92. The summed E-state index contributed by atoms with van der Waals surface area (Å²) in [5.74, 6) is 0.347. The van der Waals surface area contributed by atoms with Crippen LogP contribution >= 0.6 is 0 Å². The van der Waals surface area contributed by atoms with Gasteiger partial charge in [-0.15, -0.1) is 0 Å². The fraction of sp³-hybridized carbons (Fsp3) is 0.650. The summed E-state index contributed by atoms with van der Waals surface area (Å²) in [5.41, 5.74) is -0.0780. The summed E-state index contributed by atoms with van der Waals surface area (Å²) in [6.07, 6.45) is 0.367. The van der Waals surface area contributed by atoms with Gasteiger partial charge >= 0.3 is 6.09 Å². The van der Waals surface area contributed by atoms with Crippen molar-refractivity contribution < 1.29 is 28.9 Å². The highest BCUT2D eigenvalue weighted by Gasteiger charge is 2.27. The van der Waals surface area contributed by atoms with Crippen molar-refractivity contribution in [1.82, 2.24) is 4.90 Å². The number of hydrogen-bond donors (Lipinski definition) is 3. The maximum Gasteiger partial charge on any atom is 0.410 e. The third kappa shape index (κ3) is 7.16. The maximum absolute atomic E-state index is 13.5. The standard InChI is InChI=1S/C20H31FN2O5/c1-20(2,3)28-19(26)23-8-6-14(7-9-23)13-27-18-5-4-15(21)10-17(18)22-11-16(25)12-24/h4-5,10,14,16,22,24-25H,6-9,11-13H2,1-3H3. The molecular formula is C20H31FN2O5. The Kier molecular flexibility index (Phi) is 7.88. The van der Waals surface area contributed by atoms with Crippen LogP contribution < -0.4 is 10.1 Å². The zero-order valence-corrected chi connectivity index (χ0v) is 16.8. The number of carbonyl (C=O) groups is 1. The van der Waals surface area contributed by atoms with Crippen molar-refractivity contribution in [3.8, 4) is 5.75 Å². The van der Waals surface area contributed by atoms with Gasteiger partial charge in [-0.2, -0.15) is 0 Å². The molecule has 1 aromatic rings. The van der Waals surface area contributed by atoms with Gasteiger partial charge in [-0.1, -0.05) is 0 Å². The van der Waals surface area contributed by atoms with Gasteiger partial charge in [0.05, 0.1) is 25.0 Å². The second-order valence-electron chi connectivity index (χ2n) is 8.08. The van der Waals surface area contributed by atoms with Crippen molar-refractivity contribution >= 4 is 11.8 Å². The molecule has 0 aromatic heterocycles. The average molecular weight is 398 g/mol. The van der Waals surface area contributed by atoms with Gasteiger partial charge in [-0.3, -0.25) is 0 Å². The Bertz CT molecular complexity index is 642. The van der Waals surface area contributed by atoms with Crippen LogP contribution in [0.2, 0.25) is 0 Å². The molecule has 1 atom stereocenters. The number of carbonyl (C=O) groups excluding carboxylic acids is 1. The van der Waals surface area contributed by atoms with Crippen LogP contribution in [0.1, 0.15) is 33.6 Å². The average Bonchev–Trinajstić information content (AvgIpc) is 2.64. The molecule has 1 aliphatic heterocycles. The Balaban J connectivity index is 1.84. The molecule has 1 unspecified atom stereocenters. The maximum atomic E-state index is 13.5. The van der Waals surface area contributed by atoms with E-state index in [2.05, 4.69) is 5.32 Å². The molecule has 1 saturated heterocycles. The monoisotopic (exact) mass is 398 g/mol. The van der Waals surface area contributed by atoms with Crippen LogP contribution in [0.25, 0.3) is 0 Å². The number of nitrogens with zero attached hydrogens (tertiary/aromatic N) is 1. The van der Waals surface area contributed by atoms with Crippen LogP contribution in [0.15, 0.2) is 18.2 Å². The first-order valence-electron chi connectivity index (χ1n) is 9.61. The summed E-state index contributed by atoms with van der Waals surface area (Å²) in [7, 11) is 0. The lowest BCUT2D eigenvalue weighted by Crippen LogP contribution is -2.42. The predicted octanol–water partition coefficient (Wildman–Crippen LogP) is 2.62. The largest absolute Gasteiger partial charge is 0.491 e. The Labute approximate surface area is 165 Å². The molecule has 1 aromatic carbocycles. The molecular weight excluding hydrogens is 367 g/mol. The van der Waals surface area contributed by atoms with Crippen LogP contribution in [0.4, 0.5) is 14.9 Å². The van der Waals surface area contributed by atoms with Crippen LogP contribution in [-0.4, -0.2) is 65.8 Å². The number of aliphatic hydroxyl groups excluding tert-OH is 2. The molecule has 0 radical (unpaired) electrons. The summed E-state index contributed by atoms with van der Waals surface area (Å²) in [4.78, 5) is 13.8. The second-order valence-corrected chi connectivity index (χ2v) is 8.08. The first kappa shape index (κ1) is 22.2. The topological polar surface area (TPSA) is 91.3 Å². The third-order valence-electron chi connectivity index (χ3n) is 4.42. The van der Waals surface area contributed by atoms with E-state index in [9.17, 15) is 14.3 Å². The number of aliphatic hydroxyl groups is 2. The van der Waals surface area contributed by atoms with Gasteiger partial charge in [0.1, 0.15) is 17.2 Å². The second kappa shape index (κ2) is 9.93. The quantitative estimate of drug-likeness (QED) is 0.654. The van der Waals surface area contributed by atoms with Crippen molar-refractivity contribution in [3.05, 3.63) is 24.0 Å². The van der Waals surface area contributed by atoms with E-state index in [0.717, 1.165) is 12.8 Å². The molecule has 158 valence electrons. The Hall–Kier alpha value is -2.06. The molecule has 0 aliphatic carbocycles. The van der Waals surface area contributed by atoms with E-state index in [-0.39, 0.29) is 25.2 Å². The minimum absolute atomic E-state index is 0.0879. The normalized spacial score (nSPS) is 16.6. The highest BCUT2D eigenvalue weighted by atomic mass is 19.1. The van der Waals surface area contributed by atoms with Crippen molar-refractivity contribution in [2.75, 3.05) is 38.2 Å². The summed E-state index contributed by atoms with van der Waals surface area (Å²) >= 11 is 0. The van der Waals surface area contributed by atoms with Crippen molar-refractivity contribution in [3.63, 3.8) is 0 Å². The van der Waals surface area contributed by atoms with Gasteiger partial charge in [-0.25, -0.2) is 9.18 Å². The smallest absolute Gasteiger partial charge is 0.410 e. The lowest BCUT2D eigenvalue weighted by atomic mass is 9.98. The number of nitrogens with one attached hydrogen (secondary N) is 1. The van der Waals surface area contributed by atoms with E-state index in [1.807, 2.05) is 20.8 Å². The number of rotatable bonds is 7. The van der Waals surface area contributed by atoms with Crippen LogP contribution in [0, 0.1) is 11.7 Å². The van der Waals surface area contributed by atoms with Crippen LogP contribution in [-0.2, 0) is 4.74 Å². The number of hydrogen-bond acceptors (Lipinski definition) is 6. The lowest BCUT2D eigenvalue weighted by molar-refractivity contribution is 0.0165. The minimum Gasteiger partial charge on any atom is -0.491 e. The molecule has 2 rings (SSSR count). The molecule has 3 N–H and O–H groups in total. The number of piperidine rings is 1. The number of likely N-dealkylation sites (tertiary alicyclic amines) is 1. The number of amides is 1. The zero-order chi connectivity index (χ0) is 20.7. The van der Waals surface area contributed by atoms with E-state index >= 15 is 0 Å². The molecule has 1 heterocycles. The lowest BCUT2D eigenvalue weighted by Gasteiger charge is -2.33. The highest BCUT2D eigenvalue weighted by Crippen LogP contribution is 2.27. The first-order chi connectivity index (χ1) is 13.2. The van der Waals surface area contributed by atoms with Crippen molar-refractivity contribution in [1.29, 1.82) is 0 Å². The SMILES string of the molecule is CC(C)(C)OC(=O)N1CCC(COc2ccc(F)cc2NCC(O)CO)CC1. The Morgan fingerprint density at radius 3 is 2.64 bits per heavy atom. The van der Waals surface area contributed by atoms with E-state index in [4.69, 9.17) is 14.6 Å². The summed E-state index contributed by atoms with van der Waals surface area (Å²) in [5, 5.41) is 21.3. The first-order valence-corrected chi connectivity index (χ1v) is 9.61. The molecule has 28 heavy (non-hydrogen) atoms. The number of benzene rings is 1. The number of halogens is 1. The van der Waals surface area contributed by atoms with Gasteiger partial charge in [0, 0.05) is 25.7 Å². The molecule has 1 amide bonds. The van der Waals surface area contributed by atoms with Crippen molar-refractivity contribution in [2.45, 2.75) is 45.3 Å². The minimum atomic E-state index is -0.937. The Morgan fingerprint density at radius 1 is 1.36 bits per heavy atom. The van der Waals surface area contributed by atoms with Gasteiger partial charge in [0.2, 0.25) is 0 Å². The molecule has 7 nitrogen and oxygen atoms in total. The fourth-order valence-electron chi connectivity index (χ4n) is 2.87. The molecule has 0 spiro atoms. The zero-order valence-electron chi connectivity index (χ0n) is 16.8. The Morgan fingerprint density at radius 2 is 2.04 bits per heavy atom. The molecule has 0 bridgehead atoms. The third-order valence-corrected chi connectivity index (χ3v) is 4.42. The number of ether oxygens (including phenoxy) is 2. The molecule has 0 saturated carbocycles. The van der Waals surface area contributed by atoms with E-state index in [1.165, 1.54) is 12.1 Å². The summed E-state index contributed by atoms with van der Waals surface area (Å²) < 4.78 is 24.8. The highest BCUT2D eigenvalue weighted by molar-refractivity contribution is 5.68. The van der Waals surface area contributed by atoms with Crippen LogP contribution in [0.3, 0.4) is 0 Å². The van der Waals surface area contributed by atoms with Crippen molar-refractivity contribution in [2.24, 2.45) is 5.92 Å². The molecule has 1 aliphatic rings. The van der Waals surface area contributed by atoms with E-state index < -0.39 is 17.5 Å². The molecule has 8 heteroatoms.